The summed E-state index contributed by atoms with van der Waals surface area (Å²) in [5, 5.41) is 2.27. The SMILES string of the molecule is CCOC(=O)OCOC(=O)[C@@H]1N2C(=O)C(NC(=O)Cc3ccoc3N)[C@H]2SC1(C)C. The number of β-lactam (4-membered cyclic amide) rings is 1. The van der Waals surface area contributed by atoms with Gasteiger partial charge >= 0.3 is 12.1 Å². The first-order valence-corrected chi connectivity index (χ1v) is 10.1. The van der Waals surface area contributed by atoms with E-state index in [4.69, 9.17) is 14.9 Å². The number of hydrogen-bond acceptors (Lipinski definition) is 10. The average Bonchev–Trinajstić information content (AvgIpc) is 3.18. The highest BCUT2D eigenvalue weighted by atomic mass is 32.2. The number of ether oxygens (including phenoxy) is 3. The Balaban J connectivity index is 1.58. The highest BCUT2D eigenvalue weighted by Gasteiger charge is 2.64. The topological polar surface area (TPSA) is 150 Å². The molecule has 3 rings (SSSR count). The molecule has 0 bridgehead atoms. The number of amides is 2. The van der Waals surface area contributed by atoms with Crippen LogP contribution in [0.1, 0.15) is 26.3 Å². The fourth-order valence-electron chi connectivity index (χ4n) is 3.39. The zero-order valence-electron chi connectivity index (χ0n) is 16.7. The van der Waals surface area contributed by atoms with E-state index in [0.717, 1.165) is 0 Å². The molecule has 2 saturated heterocycles. The Morgan fingerprint density at radius 3 is 2.67 bits per heavy atom. The van der Waals surface area contributed by atoms with Crippen LogP contribution in [0, 0.1) is 0 Å². The van der Waals surface area contributed by atoms with E-state index in [1.807, 2.05) is 0 Å². The van der Waals surface area contributed by atoms with E-state index in [1.54, 1.807) is 26.8 Å². The van der Waals surface area contributed by atoms with Crippen LogP contribution in [0.5, 0.6) is 0 Å². The predicted molar refractivity (Wildman–Crippen MR) is 104 cm³/mol. The molecule has 0 spiro atoms. The van der Waals surface area contributed by atoms with Gasteiger partial charge in [-0.2, -0.15) is 0 Å². The summed E-state index contributed by atoms with van der Waals surface area (Å²) >= 11 is 1.38. The van der Waals surface area contributed by atoms with Crippen molar-refractivity contribution in [3.63, 3.8) is 0 Å². The number of nitrogen functional groups attached to an aromatic ring is 1. The average molecular weight is 441 g/mol. The third-order valence-electron chi connectivity index (χ3n) is 4.75. The Bertz CT molecular complexity index is 854. The van der Waals surface area contributed by atoms with Gasteiger partial charge in [-0.25, -0.2) is 9.59 Å². The number of furan rings is 1. The van der Waals surface area contributed by atoms with Gasteiger partial charge in [0, 0.05) is 10.3 Å². The highest BCUT2D eigenvalue weighted by Crippen LogP contribution is 2.51. The van der Waals surface area contributed by atoms with Gasteiger partial charge in [-0.1, -0.05) is 0 Å². The van der Waals surface area contributed by atoms with Gasteiger partial charge in [0.2, 0.25) is 18.6 Å². The number of nitrogens with two attached hydrogens (primary N) is 1. The molecule has 30 heavy (non-hydrogen) atoms. The summed E-state index contributed by atoms with van der Waals surface area (Å²) in [6.07, 6.45) is 0.402. The molecule has 3 heterocycles. The van der Waals surface area contributed by atoms with Gasteiger partial charge < -0.3 is 34.6 Å². The molecule has 2 aliphatic heterocycles. The van der Waals surface area contributed by atoms with E-state index in [9.17, 15) is 19.2 Å². The normalized spacial score (nSPS) is 23.9. The minimum absolute atomic E-state index is 0.0242. The maximum absolute atomic E-state index is 12.7. The van der Waals surface area contributed by atoms with Crippen LogP contribution in [0.25, 0.3) is 0 Å². The van der Waals surface area contributed by atoms with Crippen molar-refractivity contribution in [1.29, 1.82) is 0 Å². The van der Waals surface area contributed by atoms with Gasteiger partial charge in [0.25, 0.3) is 0 Å². The number of thioether (sulfide) groups is 1. The lowest BCUT2D eigenvalue weighted by molar-refractivity contribution is -0.170. The van der Waals surface area contributed by atoms with Crippen molar-refractivity contribution in [1.82, 2.24) is 10.2 Å². The van der Waals surface area contributed by atoms with Gasteiger partial charge in [-0.05, 0) is 26.8 Å². The molecule has 0 radical (unpaired) electrons. The smallest absolute Gasteiger partial charge is 0.449 e. The lowest BCUT2D eigenvalue weighted by Crippen LogP contribution is -2.70. The Morgan fingerprint density at radius 2 is 2.03 bits per heavy atom. The van der Waals surface area contributed by atoms with E-state index in [1.165, 1.54) is 22.9 Å². The minimum atomic E-state index is -0.954. The van der Waals surface area contributed by atoms with Gasteiger partial charge in [-0.3, -0.25) is 9.59 Å². The van der Waals surface area contributed by atoms with Crippen LogP contribution in [-0.4, -0.2) is 64.4 Å². The van der Waals surface area contributed by atoms with E-state index in [0.29, 0.717) is 5.56 Å². The van der Waals surface area contributed by atoms with E-state index < -0.39 is 41.1 Å². The summed E-state index contributed by atoms with van der Waals surface area (Å²) in [5.41, 5.74) is 6.15. The van der Waals surface area contributed by atoms with Gasteiger partial charge in [0.15, 0.2) is 5.88 Å². The number of carbonyl (C=O) groups excluding carboxylic acids is 4. The fourth-order valence-corrected chi connectivity index (χ4v) is 5.01. The second-order valence-corrected chi connectivity index (χ2v) is 8.97. The molecule has 164 valence electrons. The molecule has 1 aromatic heterocycles. The van der Waals surface area contributed by atoms with Crippen molar-refractivity contribution in [2.24, 2.45) is 0 Å². The fraction of sp³-hybridized carbons (Fsp3) is 0.556. The van der Waals surface area contributed by atoms with Crippen LogP contribution in [0.4, 0.5) is 10.7 Å². The number of nitrogens with zero attached hydrogens (tertiary/aromatic N) is 1. The molecule has 12 heteroatoms. The molecule has 2 amide bonds. The summed E-state index contributed by atoms with van der Waals surface area (Å²) in [7, 11) is 0. The zero-order chi connectivity index (χ0) is 22.1. The highest BCUT2D eigenvalue weighted by molar-refractivity contribution is 8.01. The molecule has 3 atom stereocenters. The van der Waals surface area contributed by atoms with Crippen molar-refractivity contribution in [2.75, 3.05) is 19.1 Å². The summed E-state index contributed by atoms with van der Waals surface area (Å²) in [4.78, 5) is 50.1. The lowest BCUT2D eigenvalue weighted by Gasteiger charge is -2.43. The minimum Gasteiger partial charge on any atom is -0.449 e. The molecule has 1 unspecified atom stereocenters. The summed E-state index contributed by atoms with van der Waals surface area (Å²) in [6, 6.07) is -0.0614. The van der Waals surface area contributed by atoms with E-state index in [2.05, 4.69) is 14.8 Å². The molecule has 2 fully saturated rings. The number of esters is 1. The Morgan fingerprint density at radius 1 is 1.30 bits per heavy atom. The largest absolute Gasteiger partial charge is 0.511 e. The summed E-state index contributed by atoms with van der Waals surface area (Å²) < 4.78 is 18.5. The first kappa shape index (κ1) is 21.8. The summed E-state index contributed by atoms with van der Waals surface area (Å²) in [6.45, 7) is 4.72. The molecule has 0 aliphatic carbocycles. The number of hydrogen-bond donors (Lipinski definition) is 2. The van der Waals surface area contributed by atoms with Crippen molar-refractivity contribution >= 4 is 41.6 Å². The molecule has 0 saturated carbocycles. The van der Waals surface area contributed by atoms with Crippen LogP contribution in [0.2, 0.25) is 0 Å². The second kappa shape index (κ2) is 8.46. The van der Waals surface area contributed by atoms with E-state index >= 15 is 0 Å². The summed E-state index contributed by atoms with van der Waals surface area (Å²) in [5.74, 6) is -1.33. The molecular formula is C18H23N3O8S. The number of carbonyl (C=O) groups is 4. The van der Waals surface area contributed by atoms with Crippen LogP contribution in [0.15, 0.2) is 16.7 Å². The monoisotopic (exact) mass is 441 g/mol. The van der Waals surface area contributed by atoms with Crippen LogP contribution in [-0.2, 0) is 35.0 Å². The van der Waals surface area contributed by atoms with Crippen LogP contribution >= 0.6 is 11.8 Å². The van der Waals surface area contributed by atoms with Crippen molar-refractivity contribution in [2.45, 2.75) is 49.4 Å². The maximum atomic E-state index is 12.7. The van der Waals surface area contributed by atoms with Gasteiger partial charge in [0.05, 0.1) is 19.3 Å². The molecule has 0 aromatic carbocycles. The Kier molecular flexibility index (Phi) is 6.15. The van der Waals surface area contributed by atoms with Crippen LogP contribution in [0.3, 0.4) is 0 Å². The Hall–Kier alpha value is -2.89. The Labute approximate surface area is 176 Å². The third-order valence-corrected chi connectivity index (χ3v) is 6.32. The van der Waals surface area contributed by atoms with Gasteiger partial charge in [-0.15, -0.1) is 11.8 Å². The van der Waals surface area contributed by atoms with Crippen molar-refractivity contribution in [3.8, 4) is 0 Å². The maximum Gasteiger partial charge on any atom is 0.511 e. The predicted octanol–water partition coefficient (Wildman–Crippen LogP) is 0.625. The second-order valence-electron chi connectivity index (χ2n) is 7.20. The zero-order valence-corrected chi connectivity index (χ0v) is 17.5. The van der Waals surface area contributed by atoms with Crippen molar-refractivity contribution in [3.05, 3.63) is 17.9 Å². The molecule has 3 N–H and O–H groups in total. The number of rotatable bonds is 7. The van der Waals surface area contributed by atoms with Gasteiger partial charge in [0.1, 0.15) is 17.5 Å². The molecule has 11 nitrogen and oxygen atoms in total. The van der Waals surface area contributed by atoms with E-state index in [-0.39, 0.29) is 30.7 Å². The first-order chi connectivity index (χ1) is 14.2. The molecule has 1 aromatic rings. The molecule has 2 aliphatic rings. The van der Waals surface area contributed by atoms with Crippen LogP contribution < -0.4 is 11.1 Å². The standard InChI is InChI=1S/C18H23N3O8S/c1-4-26-17(25)29-8-28-16(24)12-18(2,3)30-15-11(14(23)21(12)15)20-10(22)7-9-5-6-27-13(9)19/h5-6,11-12,15H,4,7-8,19H2,1-3H3,(H,20,22)/t11?,12-,15+/m0/s1. The number of fused-ring (bicyclic) bond motifs is 1. The molecular weight excluding hydrogens is 418 g/mol. The third kappa shape index (κ3) is 4.18. The van der Waals surface area contributed by atoms with Crippen molar-refractivity contribution < 1.29 is 37.8 Å². The lowest BCUT2D eigenvalue weighted by atomic mass is 9.96. The quantitative estimate of drug-likeness (QED) is 0.350. The first-order valence-electron chi connectivity index (χ1n) is 9.23. The number of nitrogens with one attached hydrogen (secondary N) is 1. The number of anilines is 1.